The molecule has 5 nitrogen and oxygen atoms in total. The highest BCUT2D eigenvalue weighted by molar-refractivity contribution is 9.10. The molecule has 7 heteroatoms. The zero-order valence-corrected chi connectivity index (χ0v) is 21.5. The van der Waals surface area contributed by atoms with E-state index in [0.717, 1.165) is 16.7 Å². The van der Waals surface area contributed by atoms with Crippen LogP contribution in [0.5, 0.6) is 11.5 Å². The Morgan fingerprint density at radius 1 is 1.09 bits per heavy atom. The fourth-order valence-corrected chi connectivity index (χ4v) is 3.76. The molecule has 3 rings (SSSR count). The topological polar surface area (TPSA) is 71.3 Å². The minimum absolute atomic E-state index is 0.0360. The predicted octanol–water partition coefficient (Wildman–Crippen LogP) is 7.24. The Kier molecular flexibility index (Phi) is 8.75. The molecular formula is C27H24BrClN2O3. The Labute approximate surface area is 213 Å². The maximum absolute atomic E-state index is 12.7. The summed E-state index contributed by atoms with van der Waals surface area (Å²) in [6, 6.07) is 18.5. The molecule has 0 bridgehead atoms. The summed E-state index contributed by atoms with van der Waals surface area (Å²) in [5.41, 5.74) is 4.23. The fraction of sp³-hybridized carbons (Fsp3) is 0.185. The van der Waals surface area contributed by atoms with Crippen molar-refractivity contribution in [2.24, 2.45) is 0 Å². The molecule has 0 fully saturated rings. The number of anilines is 1. The van der Waals surface area contributed by atoms with Crippen LogP contribution in [0.25, 0.3) is 6.08 Å². The molecule has 1 amide bonds. The Morgan fingerprint density at radius 3 is 2.50 bits per heavy atom. The summed E-state index contributed by atoms with van der Waals surface area (Å²) in [4.78, 5) is 12.7. The second-order valence-corrected chi connectivity index (χ2v) is 8.82. The first-order chi connectivity index (χ1) is 16.3. The second-order valence-electron chi connectivity index (χ2n) is 7.56. The molecule has 174 valence electrons. The summed E-state index contributed by atoms with van der Waals surface area (Å²) in [6.07, 6.45) is 1.51. The van der Waals surface area contributed by atoms with E-state index in [2.05, 4.69) is 21.2 Å². The molecule has 0 aliphatic rings. The molecule has 0 saturated carbocycles. The molecule has 0 aromatic heterocycles. The van der Waals surface area contributed by atoms with Gasteiger partial charge in [-0.3, -0.25) is 4.79 Å². The Hall–Kier alpha value is -3.27. The summed E-state index contributed by atoms with van der Waals surface area (Å²) >= 11 is 9.75. The summed E-state index contributed by atoms with van der Waals surface area (Å²) in [5.74, 6) is 0.523. The number of ether oxygens (including phenoxy) is 2. The van der Waals surface area contributed by atoms with Gasteiger partial charge in [-0.25, -0.2) is 0 Å². The summed E-state index contributed by atoms with van der Waals surface area (Å²) in [5, 5.41) is 13.0. The number of halogens is 2. The van der Waals surface area contributed by atoms with Gasteiger partial charge in [-0.15, -0.1) is 0 Å². The van der Waals surface area contributed by atoms with Crippen LogP contribution >= 0.6 is 27.5 Å². The average molecular weight is 540 g/mol. The van der Waals surface area contributed by atoms with Gasteiger partial charge in [0.15, 0.2) is 11.5 Å². The number of benzene rings is 3. The van der Waals surface area contributed by atoms with E-state index in [1.54, 1.807) is 18.2 Å². The summed E-state index contributed by atoms with van der Waals surface area (Å²) in [6.45, 7) is 6.52. The van der Waals surface area contributed by atoms with Crippen molar-refractivity contribution in [1.29, 1.82) is 5.26 Å². The molecule has 0 radical (unpaired) electrons. The van der Waals surface area contributed by atoms with Crippen LogP contribution in [0.4, 0.5) is 5.69 Å². The van der Waals surface area contributed by atoms with Crippen LogP contribution in [0.3, 0.4) is 0 Å². The van der Waals surface area contributed by atoms with Crippen molar-refractivity contribution in [3.63, 3.8) is 0 Å². The lowest BCUT2D eigenvalue weighted by molar-refractivity contribution is -0.112. The number of nitriles is 1. The molecule has 0 aliphatic carbocycles. The first-order valence-electron chi connectivity index (χ1n) is 10.6. The molecule has 0 aliphatic heterocycles. The van der Waals surface area contributed by atoms with E-state index < -0.39 is 5.91 Å². The number of nitrogens with zero attached hydrogens (tertiary/aromatic N) is 1. The summed E-state index contributed by atoms with van der Waals surface area (Å²) in [7, 11) is 0. The highest BCUT2D eigenvalue weighted by Gasteiger charge is 2.15. The predicted molar refractivity (Wildman–Crippen MR) is 139 cm³/mol. The lowest BCUT2D eigenvalue weighted by atomic mass is 10.1. The average Bonchev–Trinajstić information content (AvgIpc) is 2.81. The van der Waals surface area contributed by atoms with E-state index in [9.17, 15) is 10.1 Å². The SMILES string of the molecule is CCOc1cc(/C=C(\C#N)C(=O)Nc2ccc(C)c(C)c2)c(Br)cc1OCc1ccccc1Cl. The van der Waals surface area contributed by atoms with Crippen molar-refractivity contribution in [2.75, 3.05) is 11.9 Å². The number of carbonyl (C=O) groups excluding carboxylic acids is 1. The number of carbonyl (C=O) groups is 1. The van der Waals surface area contributed by atoms with Crippen molar-refractivity contribution in [3.05, 3.63) is 91.9 Å². The van der Waals surface area contributed by atoms with Crippen LogP contribution in [-0.2, 0) is 11.4 Å². The first-order valence-corrected chi connectivity index (χ1v) is 11.8. The lowest BCUT2D eigenvalue weighted by Crippen LogP contribution is -2.13. The number of rotatable bonds is 8. The van der Waals surface area contributed by atoms with Gasteiger partial charge in [0.2, 0.25) is 0 Å². The van der Waals surface area contributed by atoms with E-state index >= 15 is 0 Å². The van der Waals surface area contributed by atoms with Crippen LogP contribution in [0.1, 0.15) is 29.2 Å². The molecular weight excluding hydrogens is 516 g/mol. The maximum Gasteiger partial charge on any atom is 0.266 e. The van der Waals surface area contributed by atoms with Gasteiger partial charge < -0.3 is 14.8 Å². The molecule has 0 spiro atoms. The minimum Gasteiger partial charge on any atom is -0.490 e. The highest BCUT2D eigenvalue weighted by atomic mass is 79.9. The van der Waals surface area contributed by atoms with Crippen molar-refractivity contribution in [2.45, 2.75) is 27.4 Å². The molecule has 0 atom stereocenters. The van der Waals surface area contributed by atoms with E-state index in [-0.39, 0.29) is 12.2 Å². The largest absolute Gasteiger partial charge is 0.490 e. The standard InChI is InChI=1S/C27H24BrClN2O3/c1-4-33-25-13-20(23(28)14-26(25)34-16-19-7-5-6-8-24(19)29)12-21(15-30)27(32)31-22-10-9-17(2)18(3)11-22/h5-14H,4,16H2,1-3H3,(H,31,32)/b21-12+. The quantitative estimate of drug-likeness (QED) is 0.242. The van der Waals surface area contributed by atoms with Crippen LogP contribution in [-0.4, -0.2) is 12.5 Å². The monoisotopic (exact) mass is 538 g/mol. The Bertz CT molecular complexity index is 1280. The number of amides is 1. The van der Waals surface area contributed by atoms with Gasteiger partial charge in [0.1, 0.15) is 18.2 Å². The third-order valence-corrected chi connectivity index (χ3v) is 6.19. The third-order valence-electron chi connectivity index (χ3n) is 5.13. The van der Waals surface area contributed by atoms with Crippen LogP contribution < -0.4 is 14.8 Å². The van der Waals surface area contributed by atoms with Gasteiger partial charge in [0.25, 0.3) is 5.91 Å². The number of nitrogens with one attached hydrogen (secondary N) is 1. The van der Waals surface area contributed by atoms with Gasteiger partial charge in [-0.05, 0) is 73.9 Å². The van der Waals surface area contributed by atoms with Gasteiger partial charge in [-0.1, -0.05) is 51.8 Å². The van der Waals surface area contributed by atoms with E-state index in [1.165, 1.54) is 6.08 Å². The smallest absolute Gasteiger partial charge is 0.266 e. The molecule has 3 aromatic carbocycles. The maximum atomic E-state index is 12.7. The molecule has 1 N–H and O–H groups in total. The fourth-order valence-electron chi connectivity index (χ4n) is 3.14. The molecule has 34 heavy (non-hydrogen) atoms. The van der Waals surface area contributed by atoms with Crippen molar-refractivity contribution >= 4 is 45.2 Å². The van der Waals surface area contributed by atoms with Gasteiger partial charge in [0, 0.05) is 20.7 Å². The second kappa shape index (κ2) is 11.7. The molecule has 0 unspecified atom stereocenters. The van der Waals surface area contributed by atoms with Crippen LogP contribution in [0.2, 0.25) is 5.02 Å². The third kappa shape index (κ3) is 6.40. The van der Waals surface area contributed by atoms with Gasteiger partial charge >= 0.3 is 0 Å². The molecule has 0 heterocycles. The number of hydrogen-bond acceptors (Lipinski definition) is 4. The lowest BCUT2D eigenvalue weighted by Gasteiger charge is -2.15. The molecule has 3 aromatic rings. The number of aryl methyl sites for hydroxylation is 2. The van der Waals surface area contributed by atoms with Crippen LogP contribution in [0.15, 0.2) is 64.6 Å². The highest BCUT2D eigenvalue weighted by Crippen LogP contribution is 2.36. The van der Waals surface area contributed by atoms with E-state index in [1.807, 2.05) is 63.2 Å². The first kappa shape index (κ1) is 25.4. The Morgan fingerprint density at radius 2 is 1.82 bits per heavy atom. The normalized spacial score (nSPS) is 11.0. The zero-order valence-electron chi connectivity index (χ0n) is 19.1. The van der Waals surface area contributed by atoms with E-state index in [4.69, 9.17) is 21.1 Å². The summed E-state index contributed by atoms with van der Waals surface area (Å²) < 4.78 is 12.4. The van der Waals surface area contributed by atoms with E-state index in [0.29, 0.717) is 38.9 Å². The van der Waals surface area contributed by atoms with Crippen LogP contribution in [0, 0.1) is 25.2 Å². The Balaban J connectivity index is 1.86. The van der Waals surface area contributed by atoms with Crippen molar-refractivity contribution < 1.29 is 14.3 Å². The van der Waals surface area contributed by atoms with Gasteiger partial charge in [-0.2, -0.15) is 5.26 Å². The zero-order chi connectivity index (χ0) is 24.7. The van der Waals surface area contributed by atoms with Gasteiger partial charge in [0.05, 0.1) is 6.61 Å². The van der Waals surface area contributed by atoms with Crippen molar-refractivity contribution in [3.8, 4) is 17.6 Å². The molecule has 0 saturated heterocycles. The van der Waals surface area contributed by atoms with Crippen molar-refractivity contribution in [1.82, 2.24) is 0 Å². The minimum atomic E-state index is -0.491. The number of hydrogen-bond donors (Lipinski definition) is 1.